The lowest BCUT2D eigenvalue weighted by molar-refractivity contribution is 0.590. The summed E-state index contributed by atoms with van der Waals surface area (Å²) >= 11 is 0. The minimum atomic E-state index is 0.182. The SMILES string of the molecule is CC(C)(C)c1ccc(C=Nc2ccc3cn[nH]c3c2)cc1. The van der Waals surface area contributed by atoms with Crippen molar-refractivity contribution < 1.29 is 0 Å². The van der Waals surface area contributed by atoms with Crippen molar-refractivity contribution in [1.82, 2.24) is 10.2 Å². The van der Waals surface area contributed by atoms with Gasteiger partial charge in [0.1, 0.15) is 0 Å². The lowest BCUT2D eigenvalue weighted by Crippen LogP contribution is -2.10. The van der Waals surface area contributed by atoms with Crippen molar-refractivity contribution in [3.8, 4) is 0 Å². The van der Waals surface area contributed by atoms with Crippen LogP contribution in [0.2, 0.25) is 0 Å². The Kier molecular flexibility index (Phi) is 3.34. The van der Waals surface area contributed by atoms with Gasteiger partial charge >= 0.3 is 0 Å². The summed E-state index contributed by atoms with van der Waals surface area (Å²) in [5.41, 5.74) is 4.55. The van der Waals surface area contributed by atoms with Crippen molar-refractivity contribution in [2.24, 2.45) is 4.99 Å². The maximum absolute atomic E-state index is 4.53. The van der Waals surface area contributed by atoms with Gasteiger partial charge in [0.15, 0.2) is 0 Å². The molecule has 0 bridgehead atoms. The fourth-order valence-corrected chi connectivity index (χ4v) is 2.22. The standard InChI is InChI=1S/C18H19N3/c1-18(2,3)15-7-4-13(5-8-15)11-19-16-9-6-14-12-20-21-17(14)10-16/h4-12H,1-3H3,(H,20,21). The maximum atomic E-state index is 4.53. The third-order valence-electron chi connectivity index (χ3n) is 3.56. The molecule has 106 valence electrons. The predicted octanol–water partition coefficient (Wildman–Crippen LogP) is 4.61. The van der Waals surface area contributed by atoms with E-state index in [1.807, 2.05) is 30.6 Å². The molecule has 3 aromatic rings. The van der Waals surface area contributed by atoms with Gasteiger partial charge in [0.25, 0.3) is 0 Å². The molecule has 0 aliphatic heterocycles. The zero-order valence-corrected chi connectivity index (χ0v) is 12.6. The molecule has 3 nitrogen and oxygen atoms in total. The molecule has 0 spiro atoms. The summed E-state index contributed by atoms with van der Waals surface area (Å²) in [6, 6.07) is 14.6. The number of benzene rings is 2. The number of rotatable bonds is 2. The second kappa shape index (κ2) is 5.17. The molecule has 0 aliphatic carbocycles. The van der Waals surface area contributed by atoms with Gasteiger partial charge in [-0.1, -0.05) is 45.0 Å². The molecule has 0 aliphatic rings. The average molecular weight is 277 g/mol. The van der Waals surface area contributed by atoms with Gasteiger partial charge < -0.3 is 0 Å². The van der Waals surface area contributed by atoms with Crippen LogP contribution in [-0.2, 0) is 5.41 Å². The molecule has 3 rings (SSSR count). The van der Waals surface area contributed by atoms with Gasteiger partial charge in [-0.15, -0.1) is 0 Å². The first-order valence-corrected chi connectivity index (χ1v) is 7.10. The van der Waals surface area contributed by atoms with Crippen LogP contribution in [0.25, 0.3) is 10.9 Å². The number of hydrogen-bond donors (Lipinski definition) is 1. The molecule has 0 atom stereocenters. The third kappa shape index (κ3) is 3.02. The Labute approximate surface area is 124 Å². The molecule has 0 saturated carbocycles. The Morgan fingerprint density at radius 2 is 1.81 bits per heavy atom. The number of fused-ring (bicyclic) bond motifs is 1. The molecule has 1 N–H and O–H groups in total. The summed E-state index contributed by atoms with van der Waals surface area (Å²) in [4.78, 5) is 4.53. The molecule has 21 heavy (non-hydrogen) atoms. The number of aromatic amines is 1. The molecular weight excluding hydrogens is 258 g/mol. The molecule has 0 amide bonds. The molecule has 0 saturated heterocycles. The van der Waals surface area contributed by atoms with Crippen LogP contribution in [0.15, 0.2) is 53.7 Å². The van der Waals surface area contributed by atoms with E-state index in [1.54, 1.807) is 0 Å². The van der Waals surface area contributed by atoms with E-state index < -0.39 is 0 Å². The van der Waals surface area contributed by atoms with Crippen molar-refractivity contribution in [2.75, 3.05) is 0 Å². The minimum Gasteiger partial charge on any atom is -0.278 e. The summed E-state index contributed by atoms with van der Waals surface area (Å²) < 4.78 is 0. The first-order valence-electron chi connectivity index (χ1n) is 7.10. The maximum Gasteiger partial charge on any atom is 0.0671 e. The largest absolute Gasteiger partial charge is 0.278 e. The van der Waals surface area contributed by atoms with Gasteiger partial charge in [0.2, 0.25) is 0 Å². The molecule has 0 radical (unpaired) electrons. The molecule has 1 heterocycles. The monoisotopic (exact) mass is 277 g/mol. The van der Waals surface area contributed by atoms with Gasteiger partial charge in [0.05, 0.1) is 17.4 Å². The Balaban J connectivity index is 1.82. The smallest absolute Gasteiger partial charge is 0.0671 e. The second-order valence-corrected chi connectivity index (χ2v) is 6.27. The van der Waals surface area contributed by atoms with E-state index in [-0.39, 0.29) is 5.41 Å². The molecule has 0 unspecified atom stereocenters. The number of nitrogens with zero attached hydrogens (tertiary/aromatic N) is 2. The summed E-state index contributed by atoms with van der Waals surface area (Å²) in [7, 11) is 0. The van der Waals surface area contributed by atoms with E-state index in [1.165, 1.54) is 5.56 Å². The van der Waals surface area contributed by atoms with Gasteiger partial charge in [-0.3, -0.25) is 10.1 Å². The second-order valence-electron chi connectivity index (χ2n) is 6.27. The van der Waals surface area contributed by atoms with Crippen LogP contribution >= 0.6 is 0 Å². The first kappa shape index (κ1) is 13.6. The highest BCUT2D eigenvalue weighted by Crippen LogP contribution is 2.22. The summed E-state index contributed by atoms with van der Waals surface area (Å²) in [6.45, 7) is 6.65. The van der Waals surface area contributed by atoms with Crippen molar-refractivity contribution in [3.63, 3.8) is 0 Å². The average Bonchev–Trinajstić information content (AvgIpc) is 2.92. The molecular formula is C18H19N3. The topological polar surface area (TPSA) is 41.0 Å². The van der Waals surface area contributed by atoms with Crippen LogP contribution in [0, 0.1) is 0 Å². The van der Waals surface area contributed by atoms with Crippen LogP contribution in [0.5, 0.6) is 0 Å². The van der Waals surface area contributed by atoms with E-state index in [2.05, 4.69) is 60.2 Å². The molecule has 0 fully saturated rings. The van der Waals surface area contributed by atoms with Gasteiger partial charge in [-0.25, -0.2) is 0 Å². The van der Waals surface area contributed by atoms with E-state index in [0.29, 0.717) is 0 Å². The Morgan fingerprint density at radius 3 is 2.52 bits per heavy atom. The molecule has 1 aromatic heterocycles. The predicted molar refractivity (Wildman–Crippen MR) is 88.5 cm³/mol. The van der Waals surface area contributed by atoms with Crippen molar-refractivity contribution in [1.29, 1.82) is 0 Å². The Hall–Kier alpha value is -2.42. The summed E-state index contributed by atoms with van der Waals surface area (Å²) in [5.74, 6) is 0. The van der Waals surface area contributed by atoms with E-state index in [9.17, 15) is 0 Å². The van der Waals surface area contributed by atoms with Gasteiger partial charge in [0, 0.05) is 11.6 Å². The fourth-order valence-electron chi connectivity index (χ4n) is 2.22. The highest BCUT2D eigenvalue weighted by atomic mass is 15.1. The lowest BCUT2D eigenvalue weighted by Gasteiger charge is -2.18. The zero-order valence-electron chi connectivity index (χ0n) is 12.6. The zero-order chi connectivity index (χ0) is 14.9. The van der Waals surface area contributed by atoms with Crippen LogP contribution in [0.3, 0.4) is 0 Å². The van der Waals surface area contributed by atoms with Crippen molar-refractivity contribution >= 4 is 22.8 Å². The van der Waals surface area contributed by atoms with Crippen molar-refractivity contribution in [2.45, 2.75) is 26.2 Å². The molecule has 3 heteroatoms. The number of nitrogens with one attached hydrogen (secondary N) is 1. The van der Waals surface area contributed by atoms with Crippen LogP contribution in [0.1, 0.15) is 31.9 Å². The highest BCUT2D eigenvalue weighted by Gasteiger charge is 2.12. The minimum absolute atomic E-state index is 0.182. The van der Waals surface area contributed by atoms with Crippen LogP contribution in [0.4, 0.5) is 5.69 Å². The van der Waals surface area contributed by atoms with Crippen LogP contribution in [-0.4, -0.2) is 16.4 Å². The Bertz CT molecular complexity index is 774. The van der Waals surface area contributed by atoms with Gasteiger partial charge in [-0.2, -0.15) is 5.10 Å². The van der Waals surface area contributed by atoms with Gasteiger partial charge in [-0.05, 0) is 34.7 Å². The first-order chi connectivity index (χ1) is 10.0. The quantitative estimate of drug-likeness (QED) is 0.683. The van der Waals surface area contributed by atoms with E-state index in [0.717, 1.165) is 22.2 Å². The normalized spacial score (nSPS) is 12.3. The van der Waals surface area contributed by atoms with E-state index in [4.69, 9.17) is 0 Å². The number of H-pyrrole nitrogens is 1. The molecule has 2 aromatic carbocycles. The fraction of sp³-hybridized carbons (Fsp3) is 0.222. The summed E-state index contributed by atoms with van der Waals surface area (Å²) in [5, 5.41) is 8.08. The number of hydrogen-bond acceptors (Lipinski definition) is 2. The van der Waals surface area contributed by atoms with Crippen molar-refractivity contribution in [3.05, 3.63) is 59.8 Å². The lowest BCUT2D eigenvalue weighted by atomic mass is 9.87. The summed E-state index contributed by atoms with van der Waals surface area (Å²) in [6.07, 6.45) is 3.71. The van der Waals surface area contributed by atoms with Crippen LogP contribution < -0.4 is 0 Å². The number of aromatic nitrogens is 2. The Morgan fingerprint density at radius 1 is 1.05 bits per heavy atom. The third-order valence-corrected chi connectivity index (χ3v) is 3.56. The van der Waals surface area contributed by atoms with E-state index >= 15 is 0 Å². The highest BCUT2D eigenvalue weighted by molar-refractivity contribution is 5.85. The number of aliphatic imine (C=N–C) groups is 1.